The van der Waals surface area contributed by atoms with Crippen molar-refractivity contribution in [1.29, 1.82) is 15.8 Å². The summed E-state index contributed by atoms with van der Waals surface area (Å²) in [6, 6.07) is 42.9. The van der Waals surface area contributed by atoms with Gasteiger partial charge in [0.15, 0.2) is 0 Å². The second-order valence-electron chi connectivity index (χ2n) is 11.7. The van der Waals surface area contributed by atoms with E-state index < -0.39 is 0 Å². The molecule has 0 atom stereocenters. The molecule has 0 fully saturated rings. The van der Waals surface area contributed by atoms with E-state index in [2.05, 4.69) is 70.7 Å². The number of fused-ring (bicyclic) bond motifs is 9. The standard InChI is InChI=1S/C40H21N5O/c1-23-2-8-35-29(14-23)30-15-24(20-41)3-9-36(30)44(35)27-6-12-39-33(18-27)34-19-28(7-13-40(34)46-39)45-37-10-4-25(21-42)16-31(37)32-17-26(22-43)5-11-38(32)45/h2-19H,1H3. The maximum atomic E-state index is 9.60. The Labute approximate surface area is 262 Å². The van der Waals surface area contributed by atoms with E-state index in [0.717, 1.165) is 82.5 Å². The topological polar surface area (TPSA) is 94.4 Å². The number of hydrogen-bond donors (Lipinski definition) is 0. The molecule has 0 bridgehead atoms. The smallest absolute Gasteiger partial charge is 0.135 e. The van der Waals surface area contributed by atoms with Crippen LogP contribution in [0.1, 0.15) is 22.3 Å². The first-order valence-corrected chi connectivity index (χ1v) is 14.8. The fraction of sp³-hybridized carbons (Fsp3) is 0.0250. The number of rotatable bonds is 2. The van der Waals surface area contributed by atoms with Crippen LogP contribution in [0.3, 0.4) is 0 Å². The molecule has 9 rings (SSSR count). The van der Waals surface area contributed by atoms with Crippen LogP contribution in [-0.2, 0) is 0 Å². The van der Waals surface area contributed by atoms with Crippen molar-refractivity contribution in [2.24, 2.45) is 0 Å². The molecule has 0 aliphatic heterocycles. The lowest BCUT2D eigenvalue weighted by atomic mass is 10.1. The zero-order valence-corrected chi connectivity index (χ0v) is 24.5. The summed E-state index contributed by atoms with van der Waals surface area (Å²) in [7, 11) is 0. The van der Waals surface area contributed by atoms with Crippen molar-refractivity contribution in [3.8, 4) is 29.6 Å². The van der Waals surface area contributed by atoms with Crippen LogP contribution in [-0.4, -0.2) is 9.13 Å². The van der Waals surface area contributed by atoms with Crippen molar-refractivity contribution in [2.45, 2.75) is 6.92 Å². The van der Waals surface area contributed by atoms with E-state index >= 15 is 0 Å². The monoisotopic (exact) mass is 587 g/mol. The van der Waals surface area contributed by atoms with E-state index in [4.69, 9.17) is 4.42 Å². The highest BCUT2D eigenvalue weighted by molar-refractivity contribution is 6.13. The molecule has 0 aliphatic carbocycles. The summed E-state index contributed by atoms with van der Waals surface area (Å²) in [5, 5.41) is 34.8. The molecule has 9 aromatic rings. The normalized spacial score (nSPS) is 11.5. The van der Waals surface area contributed by atoms with Crippen LogP contribution in [0, 0.1) is 40.9 Å². The molecule has 212 valence electrons. The van der Waals surface area contributed by atoms with Gasteiger partial charge in [-0.2, -0.15) is 15.8 Å². The molecule has 0 radical (unpaired) electrons. The van der Waals surface area contributed by atoms with Gasteiger partial charge in [-0.1, -0.05) is 11.6 Å². The van der Waals surface area contributed by atoms with Crippen LogP contribution in [0.2, 0.25) is 0 Å². The van der Waals surface area contributed by atoms with Gasteiger partial charge >= 0.3 is 0 Å². The van der Waals surface area contributed by atoms with Gasteiger partial charge in [0.05, 0.1) is 57.0 Å². The number of benzene rings is 6. The third-order valence-corrected chi connectivity index (χ3v) is 9.03. The molecule has 0 amide bonds. The van der Waals surface area contributed by atoms with Crippen molar-refractivity contribution in [2.75, 3.05) is 0 Å². The van der Waals surface area contributed by atoms with E-state index in [-0.39, 0.29) is 0 Å². The predicted molar refractivity (Wildman–Crippen MR) is 181 cm³/mol. The first-order chi connectivity index (χ1) is 22.5. The molecule has 46 heavy (non-hydrogen) atoms. The number of furan rings is 1. The van der Waals surface area contributed by atoms with Gasteiger partial charge in [0.25, 0.3) is 0 Å². The lowest BCUT2D eigenvalue weighted by Gasteiger charge is -2.09. The van der Waals surface area contributed by atoms with Gasteiger partial charge in [-0.3, -0.25) is 0 Å². The van der Waals surface area contributed by atoms with Crippen LogP contribution in [0.15, 0.2) is 114 Å². The van der Waals surface area contributed by atoms with Crippen LogP contribution < -0.4 is 0 Å². The number of aryl methyl sites for hydroxylation is 1. The molecule has 0 aliphatic rings. The Bertz CT molecular complexity index is 2840. The first-order valence-electron chi connectivity index (χ1n) is 14.8. The summed E-state index contributed by atoms with van der Waals surface area (Å²) in [6.45, 7) is 2.08. The largest absolute Gasteiger partial charge is 0.456 e. The Balaban J connectivity index is 1.30. The van der Waals surface area contributed by atoms with Gasteiger partial charge in [-0.25, -0.2) is 0 Å². The highest BCUT2D eigenvalue weighted by atomic mass is 16.3. The van der Waals surface area contributed by atoms with Gasteiger partial charge in [-0.05, 0) is 110 Å². The molecule has 0 saturated heterocycles. The molecule has 0 spiro atoms. The van der Waals surface area contributed by atoms with Crippen molar-refractivity contribution >= 4 is 65.6 Å². The van der Waals surface area contributed by atoms with Crippen LogP contribution in [0.4, 0.5) is 0 Å². The van der Waals surface area contributed by atoms with Gasteiger partial charge < -0.3 is 13.6 Å². The molecule has 3 aromatic heterocycles. The third kappa shape index (κ3) is 3.55. The minimum atomic E-state index is 0.571. The van der Waals surface area contributed by atoms with Gasteiger partial charge in [0, 0.05) is 43.7 Å². The fourth-order valence-corrected chi connectivity index (χ4v) is 6.96. The quantitative estimate of drug-likeness (QED) is 0.201. The molecule has 6 aromatic carbocycles. The number of nitrogens with zero attached hydrogens (tertiary/aromatic N) is 5. The Morgan fingerprint density at radius 1 is 0.435 bits per heavy atom. The number of nitriles is 3. The lowest BCUT2D eigenvalue weighted by Crippen LogP contribution is -1.94. The molecule has 0 N–H and O–H groups in total. The molecule has 0 unspecified atom stereocenters. The molecular weight excluding hydrogens is 566 g/mol. The van der Waals surface area contributed by atoms with E-state index in [0.29, 0.717) is 16.7 Å². The minimum absolute atomic E-state index is 0.571. The Morgan fingerprint density at radius 3 is 1.24 bits per heavy atom. The van der Waals surface area contributed by atoms with Crippen molar-refractivity contribution < 1.29 is 4.42 Å². The van der Waals surface area contributed by atoms with Gasteiger partial charge in [0.1, 0.15) is 11.2 Å². The maximum absolute atomic E-state index is 9.60. The molecule has 0 saturated carbocycles. The van der Waals surface area contributed by atoms with Crippen LogP contribution in [0.5, 0.6) is 0 Å². The summed E-state index contributed by atoms with van der Waals surface area (Å²) in [5.41, 5.74) is 10.5. The summed E-state index contributed by atoms with van der Waals surface area (Å²) < 4.78 is 10.8. The average molecular weight is 588 g/mol. The second kappa shape index (κ2) is 9.34. The average Bonchev–Trinajstić information content (AvgIpc) is 3.73. The Hall–Kier alpha value is -6.81. The van der Waals surface area contributed by atoms with Crippen LogP contribution >= 0.6 is 0 Å². The maximum Gasteiger partial charge on any atom is 0.135 e. The van der Waals surface area contributed by atoms with E-state index in [1.807, 2.05) is 72.8 Å². The highest BCUT2D eigenvalue weighted by Crippen LogP contribution is 2.38. The summed E-state index contributed by atoms with van der Waals surface area (Å²) in [5.74, 6) is 0. The second-order valence-corrected chi connectivity index (χ2v) is 11.7. The fourth-order valence-electron chi connectivity index (χ4n) is 6.96. The van der Waals surface area contributed by atoms with Gasteiger partial charge in [-0.15, -0.1) is 0 Å². The van der Waals surface area contributed by atoms with Crippen molar-refractivity contribution in [3.05, 3.63) is 131 Å². The van der Waals surface area contributed by atoms with Crippen LogP contribution in [0.25, 0.3) is 76.9 Å². The van der Waals surface area contributed by atoms with E-state index in [9.17, 15) is 15.8 Å². The molecule has 3 heterocycles. The first kappa shape index (κ1) is 25.7. The number of aromatic nitrogens is 2. The Morgan fingerprint density at radius 2 is 0.826 bits per heavy atom. The lowest BCUT2D eigenvalue weighted by molar-refractivity contribution is 0.669. The molecule has 6 nitrogen and oxygen atoms in total. The van der Waals surface area contributed by atoms with Gasteiger partial charge in [0.2, 0.25) is 0 Å². The summed E-state index contributed by atoms with van der Waals surface area (Å²) >= 11 is 0. The number of hydrogen-bond acceptors (Lipinski definition) is 4. The van der Waals surface area contributed by atoms with Crippen molar-refractivity contribution in [3.63, 3.8) is 0 Å². The van der Waals surface area contributed by atoms with Crippen molar-refractivity contribution in [1.82, 2.24) is 9.13 Å². The minimum Gasteiger partial charge on any atom is -0.456 e. The van der Waals surface area contributed by atoms with E-state index in [1.165, 1.54) is 0 Å². The highest BCUT2D eigenvalue weighted by Gasteiger charge is 2.18. The summed E-state index contributed by atoms with van der Waals surface area (Å²) in [6.07, 6.45) is 0. The predicted octanol–water partition coefficient (Wildman–Crippen LogP) is 9.70. The zero-order valence-electron chi connectivity index (χ0n) is 24.5. The third-order valence-electron chi connectivity index (χ3n) is 9.03. The Kier molecular flexibility index (Phi) is 5.21. The summed E-state index contributed by atoms with van der Waals surface area (Å²) in [4.78, 5) is 0. The molecule has 6 heteroatoms. The zero-order chi connectivity index (χ0) is 31.1. The molecular formula is C40H21N5O. The van der Waals surface area contributed by atoms with E-state index in [1.54, 1.807) is 0 Å². The SMILES string of the molecule is Cc1ccc2c(c1)c1cc(C#N)ccc1n2-c1ccc2oc3ccc(-n4c5ccc(C#N)cc5c5cc(C#N)ccc54)cc3c2c1.